The summed E-state index contributed by atoms with van der Waals surface area (Å²) in [6.45, 7) is 3.97. The van der Waals surface area contributed by atoms with Gasteiger partial charge in [0.1, 0.15) is 6.04 Å². The van der Waals surface area contributed by atoms with Crippen molar-refractivity contribution in [2.75, 3.05) is 17.1 Å². The first-order valence-corrected chi connectivity index (χ1v) is 15.2. The minimum Gasteiger partial charge on any atom is -0.352 e. The predicted octanol–water partition coefficient (Wildman–Crippen LogP) is 5.06. The number of hydrogen-bond donors (Lipinski definition) is 1. The summed E-state index contributed by atoms with van der Waals surface area (Å²) in [6, 6.07) is 14.2. The van der Waals surface area contributed by atoms with Crippen molar-refractivity contribution >= 4 is 39.1 Å². The molecule has 0 unspecified atom stereocenters. The number of carbonyl (C=O) groups is 2. The number of anilines is 1. The molecule has 7 nitrogen and oxygen atoms in total. The number of amides is 2. The summed E-state index contributed by atoms with van der Waals surface area (Å²) < 4.78 is 26.4. The van der Waals surface area contributed by atoms with Gasteiger partial charge in [0.15, 0.2) is 0 Å². The quantitative estimate of drug-likeness (QED) is 0.426. The second-order valence-electron chi connectivity index (χ2n) is 9.85. The van der Waals surface area contributed by atoms with E-state index in [1.165, 1.54) is 10.7 Å². The van der Waals surface area contributed by atoms with E-state index in [0.29, 0.717) is 29.2 Å². The second kappa shape index (κ2) is 13.3. The number of benzene rings is 2. The average Bonchev–Trinajstić information content (AvgIpc) is 2.87. The van der Waals surface area contributed by atoms with Gasteiger partial charge in [-0.15, -0.1) is 0 Å². The van der Waals surface area contributed by atoms with E-state index in [4.69, 9.17) is 11.6 Å². The van der Waals surface area contributed by atoms with E-state index in [-0.39, 0.29) is 30.8 Å². The monoisotopic (exact) mass is 547 g/mol. The van der Waals surface area contributed by atoms with Crippen LogP contribution >= 0.6 is 11.6 Å². The van der Waals surface area contributed by atoms with Gasteiger partial charge < -0.3 is 10.2 Å². The van der Waals surface area contributed by atoms with Crippen LogP contribution in [0.3, 0.4) is 0 Å². The number of hydrogen-bond acceptors (Lipinski definition) is 4. The third kappa shape index (κ3) is 8.20. The second-order valence-corrected chi connectivity index (χ2v) is 12.2. The Labute approximate surface area is 226 Å². The van der Waals surface area contributed by atoms with Crippen LogP contribution in [-0.4, -0.2) is 50.0 Å². The zero-order valence-corrected chi connectivity index (χ0v) is 23.5. The predicted molar refractivity (Wildman–Crippen MR) is 149 cm³/mol. The van der Waals surface area contributed by atoms with Gasteiger partial charge in [-0.3, -0.25) is 13.9 Å². The molecular weight excluding hydrogens is 510 g/mol. The fourth-order valence-corrected chi connectivity index (χ4v) is 5.97. The van der Waals surface area contributed by atoms with E-state index < -0.39 is 16.1 Å². The molecule has 0 radical (unpaired) electrons. The topological polar surface area (TPSA) is 86.8 Å². The first kappa shape index (κ1) is 29.0. The van der Waals surface area contributed by atoms with Crippen molar-refractivity contribution in [1.29, 1.82) is 0 Å². The molecular formula is C28H38ClN3O4S. The fourth-order valence-electron chi connectivity index (χ4n) is 4.78. The average molecular weight is 548 g/mol. The van der Waals surface area contributed by atoms with Gasteiger partial charge in [-0.2, -0.15) is 0 Å². The van der Waals surface area contributed by atoms with E-state index >= 15 is 0 Å². The van der Waals surface area contributed by atoms with E-state index in [0.717, 1.165) is 37.5 Å². The Balaban J connectivity index is 1.71. The van der Waals surface area contributed by atoms with Crippen LogP contribution < -0.4 is 9.62 Å². The molecule has 202 valence electrons. The summed E-state index contributed by atoms with van der Waals surface area (Å²) in [5.41, 5.74) is 2.10. The zero-order chi connectivity index (χ0) is 27.0. The maximum Gasteiger partial charge on any atom is 0.242 e. The van der Waals surface area contributed by atoms with E-state index in [1.54, 1.807) is 36.9 Å². The molecule has 2 amide bonds. The summed E-state index contributed by atoms with van der Waals surface area (Å²) in [6.07, 6.45) is 6.91. The van der Waals surface area contributed by atoms with Crippen molar-refractivity contribution in [1.82, 2.24) is 10.2 Å². The third-order valence-corrected chi connectivity index (χ3v) is 8.56. The van der Waals surface area contributed by atoms with Gasteiger partial charge in [0.05, 0.1) is 11.9 Å². The molecule has 0 aromatic heterocycles. The highest BCUT2D eigenvalue weighted by molar-refractivity contribution is 7.92. The van der Waals surface area contributed by atoms with Crippen molar-refractivity contribution < 1.29 is 18.0 Å². The highest BCUT2D eigenvalue weighted by Gasteiger charge is 2.28. The van der Waals surface area contributed by atoms with Gasteiger partial charge in [-0.1, -0.05) is 67.3 Å². The van der Waals surface area contributed by atoms with Crippen LogP contribution in [0.25, 0.3) is 0 Å². The molecule has 0 spiro atoms. The number of nitrogens with zero attached hydrogens (tertiary/aromatic N) is 2. The van der Waals surface area contributed by atoms with Gasteiger partial charge in [0, 0.05) is 30.6 Å². The van der Waals surface area contributed by atoms with Crippen molar-refractivity contribution in [3.8, 4) is 0 Å². The number of carbonyl (C=O) groups excluding carboxylic acids is 2. The van der Waals surface area contributed by atoms with Crippen LogP contribution in [0.2, 0.25) is 5.02 Å². The molecule has 0 bridgehead atoms. The Hall–Kier alpha value is -2.58. The number of nitrogens with one attached hydrogen (secondary N) is 1. The number of sulfonamides is 1. The standard InChI is InChI=1S/C28H38ClN3O4S/c1-21-25(29)16-10-17-26(21)32(37(3,35)36)19-11-18-27(33)31(20-23-12-6-4-7-13-23)22(2)28(34)30-24-14-8-5-9-15-24/h4,6-7,10,12-13,16-17,22,24H,5,8-9,11,14-15,18-20H2,1-3H3,(H,30,34)/t22-/m1/s1. The molecule has 37 heavy (non-hydrogen) atoms. The largest absolute Gasteiger partial charge is 0.352 e. The lowest BCUT2D eigenvalue weighted by molar-refractivity contribution is -0.141. The zero-order valence-electron chi connectivity index (χ0n) is 22.0. The SMILES string of the molecule is Cc1c(Cl)cccc1N(CCCC(=O)N(Cc1ccccc1)[C@H](C)C(=O)NC1CCCCC1)S(C)(=O)=O. The molecule has 1 aliphatic carbocycles. The molecule has 2 aromatic carbocycles. The van der Waals surface area contributed by atoms with Gasteiger partial charge in [-0.25, -0.2) is 8.42 Å². The molecule has 0 saturated heterocycles. The van der Waals surface area contributed by atoms with Crippen molar-refractivity contribution in [3.05, 3.63) is 64.7 Å². The minimum absolute atomic E-state index is 0.111. The van der Waals surface area contributed by atoms with Gasteiger partial charge in [0.2, 0.25) is 21.8 Å². The Morgan fingerprint density at radius 3 is 2.38 bits per heavy atom. The van der Waals surface area contributed by atoms with Crippen LogP contribution in [0, 0.1) is 6.92 Å². The normalized spacial score (nSPS) is 15.1. The number of halogens is 1. The lowest BCUT2D eigenvalue weighted by Gasteiger charge is -2.31. The third-order valence-electron chi connectivity index (χ3n) is 6.97. The maximum atomic E-state index is 13.4. The molecule has 0 heterocycles. The van der Waals surface area contributed by atoms with E-state index in [2.05, 4.69) is 5.32 Å². The first-order valence-electron chi connectivity index (χ1n) is 12.9. The summed E-state index contributed by atoms with van der Waals surface area (Å²) in [5, 5.41) is 3.61. The minimum atomic E-state index is -3.58. The lowest BCUT2D eigenvalue weighted by atomic mass is 9.95. The molecule has 1 saturated carbocycles. The molecule has 1 N–H and O–H groups in total. The fraction of sp³-hybridized carbons (Fsp3) is 0.500. The van der Waals surface area contributed by atoms with Crippen LogP contribution in [0.1, 0.15) is 63.0 Å². The molecule has 0 aliphatic heterocycles. The smallest absolute Gasteiger partial charge is 0.242 e. The van der Waals surface area contributed by atoms with Crippen molar-refractivity contribution in [2.24, 2.45) is 0 Å². The molecule has 1 atom stereocenters. The summed E-state index contributed by atoms with van der Waals surface area (Å²) >= 11 is 6.23. The Morgan fingerprint density at radius 2 is 1.73 bits per heavy atom. The highest BCUT2D eigenvalue weighted by Crippen LogP contribution is 2.28. The lowest BCUT2D eigenvalue weighted by Crippen LogP contribution is -2.50. The van der Waals surface area contributed by atoms with Crippen molar-refractivity contribution in [2.45, 2.75) is 77.4 Å². The molecule has 3 rings (SSSR count). The van der Waals surface area contributed by atoms with Crippen LogP contribution in [-0.2, 0) is 26.2 Å². The molecule has 1 fully saturated rings. The maximum absolute atomic E-state index is 13.4. The Kier molecular flexibility index (Phi) is 10.4. The van der Waals surface area contributed by atoms with E-state index in [9.17, 15) is 18.0 Å². The summed E-state index contributed by atoms with van der Waals surface area (Å²) in [5.74, 6) is -0.338. The summed E-state index contributed by atoms with van der Waals surface area (Å²) in [7, 11) is -3.58. The van der Waals surface area contributed by atoms with Gasteiger partial charge in [-0.05, 0) is 56.4 Å². The first-order chi connectivity index (χ1) is 17.6. The molecule has 9 heteroatoms. The van der Waals surface area contributed by atoms with Crippen LogP contribution in [0.5, 0.6) is 0 Å². The molecule has 1 aliphatic rings. The number of rotatable bonds is 11. The van der Waals surface area contributed by atoms with E-state index in [1.807, 2.05) is 30.3 Å². The highest BCUT2D eigenvalue weighted by atomic mass is 35.5. The van der Waals surface area contributed by atoms with Crippen LogP contribution in [0.15, 0.2) is 48.5 Å². The van der Waals surface area contributed by atoms with Gasteiger partial charge in [0.25, 0.3) is 0 Å². The van der Waals surface area contributed by atoms with Crippen LogP contribution in [0.4, 0.5) is 5.69 Å². The van der Waals surface area contributed by atoms with Gasteiger partial charge >= 0.3 is 0 Å². The van der Waals surface area contributed by atoms with Crippen molar-refractivity contribution in [3.63, 3.8) is 0 Å². The molecule has 2 aromatic rings. The summed E-state index contributed by atoms with van der Waals surface area (Å²) in [4.78, 5) is 28.1. The Morgan fingerprint density at radius 1 is 1.05 bits per heavy atom. The Bertz CT molecular complexity index is 1170.